The van der Waals surface area contributed by atoms with Crippen molar-refractivity contribution in [1.82, 2.24) is 29.9 Å². The molecule has 0 bridgehead atoms. The highest BCUT2D eigenvalue weighted by molar-refractivity contribution is 5.75. The van der Waals surface area contributed by atoms with E-state index in [1.807, 2.05) is 7.05 Å². The van der Waals surface area contributed by atoms with Crippen LogP contribution in [-0.2, 0) is 24.9 Å². The number of aromatic nitrogens is 5. The van der Waals surface area contributed by atoms with Crippen molar-refractivity contribution in [3.63, 3.8) is 0 Å². The van der Waals surface area contributed by atoms with E-state index in [-0.39, 0.29) is 24.7 Å². The predicted octanol–water partition coefficient (Wildman–Crippen LogP) is 1.94. The maximum Gasteiger partial charge on any atom is 0.422 e. The lowest BCUT2D eigenvalue weighted by Crippen LogP contribution is -2.27. The molecule has 11 heteroatoms. The second kappa shape index (κ2) is 8.11. The average molecular weight is 394 g/mol. The monoisotopic (exact) mass is 394 g/mol. The second-order valence-electron chi connectivity index (χ2n) is 6.02. The van der Waals surface area contributed by atoms with Crippen LogP contribution in [0.4, 0.5) is 13.2 Å². The highest BCUT2D eigenvalue weighted by Gasteiger charge is 2.28. The maximum atomic E-state index is 12.2. The molecule has 0 aliphatic carbocycles. The van der Waals surface area contributed by atoms with Gasteiger partial charge < -0.3 is 14.6 Å². The molecular formula is C17H17F3N6O2. The molecule has 0 radical (unpaired) electrons. The normalized spacial score (nSPS) is 11.4. The second-order valence-corrected chi connectivity index (χ2v) is 6.02. The van der Waals surface area contributed by atoms with Crippen molar-refractivity contribution in [3.05, 3.63) is 48.5 Å². The Labute approximate surface area is 157 Å². The minimum atomic E-state index is -4.41. The summed E-state index contributed by atoms with van der Waals surface area (Å²) in [6.07, 6.45) is 0.494. The molecule has 1 N–H and O–H groups in total. The third-order valence-corrected chi connectivity index (χ3v) is 3.71. The zero-order chi connectivity index (χ0) is 20.1. The summed E-state index contributed by atoms with van der Waals surface area (Å²) in [5, 5.41) is 10.6. The van der Waals surface area contributed by atoms with Gasteiger partial charge >= 0.3 is 6.18 Å². The van der Waals surface area contributed by atoms with Crippen LogP contribution in [0, 0.1) is 0 Å². The van der Waals surface area contributed by atoms with Crippen molar-refractivity contribution >= 4 is 5.91 Å². The first-order chi connectivity index (χ1) is 13.3. The van der Waals surface area contributed by atoms with Crippen molar-refractivity contribution in [2.45, 2.75) is 19.3 Å². The number of alkyl halides is 3. The van der Waals surface area contributed by atoms with E-state index in [4.69, 9.17) is 4.74 Å². The number of imidazole rings is 1. The average Bonchev–Trinajstić information content (AvgIpc) is 3.26. The standard InChI is InChI=1S/C17H17F3N6O2/c1-25-11-21-7-15(25)14-8-26(24-23-14)9-16(27)22-6-12-3-2-4-13(5-12)28-10-17(18,19)20/h2-5,7-8,11H,6,9-10H2,1H3,(H,22,27). The van der Waals surface area contributed by atoms with Crippen LogP contribution in [0.5, 0.6) is 5.75 Å². The zero-order valence-corrected chi connectivity index (χ0v) is 14.8. The van der Waals surface area contributed by atoms with Gasteiger partial charge in [-0.15, -0.1) is 5.10 Å². The number of carbonyl (C=O) groups is 1. The summed E-state index contributed by atoms with van der Waals surface area (Å²) in [5.41, 5.74) is 1.96. The van der Waals surface area contributed by atoms with Gasteiger partial charge in [0.25, 0.3) is 0 Å². The lowest BCUT2D eigenvalue weighted by molar-refractivity contribution is -0.153. The number of halogens is 3. The van der Waals surface area contributed by atoms with Gasteiger partial charge in [0.1, 0.15) is 18.0 Å². The van der Waals surface area contributed by atoms with Gasteiger partial charge in [-0.25, -0.2) is 9.67 Å². The van der Waals surface area contributed by atoms with E-state index in [0.717, 1.165) is 5.69 Å². The lowest BCUT2D eigenvalue weighted by atomic mass is 10.2. The van der Waals surface area contributed by atoms with Gasteiger partial charge in [0.15, 0.2) is 6.61 Å². The lowest BCUT2D eigenvalue weighted by Gasteiger charge is -2.10. The molecule has 1 amide bonds. The fourth-order valence-electron chi connectivity index (χ4n) is 2.41. The van der Waals surface area contributed by atoms with E-state index < -0.39 is 12.8 Å². The Hall–Kier alpha value is -3.37. The highest BCUT2D eigenvalue weighted by Crippen LogP contribution is 2.19. The van der Waals surface area contributed by atoms with E-state index in [9.17, 15) is 18.0 Å². The first-order valence-electron chi connectivity index (χ1n) is 8.22. The zero-order valence-electron chi connectivity index (χ0n) is 14.8. The third kappa shape index (κ3) is 5.32. The number of nitrogens with zero attached hydrogens (tertiary/aromatic N) is 5. The number of carbonyl (C=O) groups excluding carboxylic acids is 1. The summed E-state index contributed by atoms with van der Waals surface area (Å²) in [6, 6.07) is 6.11. The van der Waals surface area contributed by atoms with E-state index in [1.165, 1.54) is 16.8 Å². The van der Waals surface area contributed by atoms with E-state index >= 15 is 0 Å². The Morgan fingerprint density at radius 2 is 2.14 bits per heavy atom. The van der Waals surface area contributed by atoms with Gasteiger partial charge in [0, 0.05) is 13.6 Å². The highest BCUT2D eigenvalue weighted by atomic mass is 19.4. The Morgan fingerprint density at radius 1 is 1.32 bits per heavy atom. The molecule has 0 atom stereocenters. The molecule has 148 valence electrons. The van der Waals surface area contributed by atoms with Gasteiger partial charge in [-0.2, -0.15) is 13.2 Å². The van der Waals surface area contributed by atoms with Gasteiger partial charge in [0.2, 0.25) is 5.91 Å². The topological polar surface area (TPSA) is 86.9 Å². The number of aryl methyl sites for hydroxylation is 1. The first-order valence-corrected chi connectivity index (χ1v) is 8.22. The van der Waals surface area contributed by atoms with Gasteiger partial charge in [-0.1, -0.05) is 17.3 Å². The van der Waals surface area contributed by atoms with Crippen LogP contribution in [0.1, 0.15) is 5.56 Å². The molecule has 2 heterocycles. The Bertz CT molecular complexity index is 950. The minimum Gasteiger partial charge on any atom is -0.484 e. The molecule has 3 rings (SSSR count). The molecule has 8 nitrogen and oxygen atoms in total. The quantitative estimate of drug-likeness (QED) is 0.662. The van der Waals surface area contributed by atoms with Crippen LogP contribution in [0.2, 0.25) is 0 Å². The molecule has 0 saturated heterocycles. The minimum absolute atomic E-state index is 0.0465. The molecular weight excluding hydrogens is 377 g/mol. The maximum absolute atomic E-state index is 12.2. The molecule has 1 aromatic carbocycles. The number of hydrogen-bond donors (Lipinski definition) is 1. The van der Waals surface area contributed by atoms with Crippen molar-refractivity contribution in [2.24, 2.45) is 7.05 Å². The molecule has 0 unspecified atom stereocenters. The van der Waals surface area contributed by atoms with Crippen LogP contribution in [0.25, 0.3) is 11.4 Å². The van der Waals surface area contributed by atoms with E-state index in [2.05, 4.69) is 20.6 Å². The molecule has 0 spiro atoms. The summed E-state index contributed by atoms with van der Waals surface area (Å²) in [5.74, 6) is -0.232. The third-order valence-electron chi connectivity index (χ3n) is 3.71. The fraction of sp³-hybridized carbons (Fsp3) is 0.294. The number of nitrogens with one attached hydrogen (secondary N) is 1. The number of benzene rings is 1. The summed E-state index contributed by atoms with van der Waals surface area (Å²) in [7, 11) is 1.82. The molecule has 28 heavy (non-hydrogen) atoms. The van der Waals surface area contributed by atoms with E-state index in [1.54, 1.807) is 35.4 Å². The fourth-order valence-corrected chi connectivity index (χ4v) is 2.41. The summed E-state index contributed by atoms with van der Waals surface area (Å²) in [6.45, 7) is -1.27. The van der Waals surface area contributed by atoms with Crippen LogP contribution in [-0.4, -0.2) is 43.2 Å². The summed E-state index contributed by atoms with van der Waals surface area (Å²) >= 11 is 0. The summed E-state index contributed by atoms with van der Waals surface area (Å²) in [4.78, 5) is 16.1. The molecule has 0 fully saturated rings. The van der Waals surface area contributed by atoms with Crippen molar-refractivity contribution in [2.75, 3.05) is 6.61 Å². The Kier molecular flexibility index (Phi) is 5.62. The number of rotatable bonds is 7. The first kappa shape index (κ1) is 19.4. The molecule has 2 aromatic heterocycles. The molecule has 0 saturated carbocycles. The molecule has 3 aromatic rings. The van der Waals surface area contributed by atoms with Crippen LogP contribution in [0.3, 0.4) is 0 Å². The number of ether oxygens (including phenoxy) is 1. The van der Waals surface area contributed by atoms with Crippen molar-refractivity contribution in [3.8, 4) is 17.1 Å². The van der Waals surface area contributed by atoms with E-state index in [0.29, 0.717) is 11.3 Å². The number of amides is 1. The van der Waals surface area contributed by atoms with Crippen LogP contribution in [0.15, 0.2) is 43.0 Å². The largest absolute Gasteiger partial charge is 0.484 e. The Morgan fingerprint density at radius 3 is 2.86 bits per heavy atom. The summed E-state index contributed by atoms with van der Waals surface area (Å²) < 4.78 is 44.5. The smallest absolute Gasteiger partial charge is 0.422 e. The number of hydrogen-bond acceptors (Lipinski definition) is 5. The van der Waals surface area contributed by atoms with Gasteiger partial charge in [0.05, 0.1) is 24.4 Å². The molecule has 0 aliphatic rings. The SMILES string of the molecule is Cn1cncc1-c1cn(CC(=O)NCc2cccc(OCC(F)(F)F)c2)nn1. The van der Waals surface area contributed by atoms with Gasteiger partial charge in [-0.3, -0.25) is 4.79 Å². The van der Waals surface area contributed by atoms with Crippen molar-refractivity contribution in [1.29, 1.82) is 0 Å². The van der Waals surface area contributed by atoms with Gasteiger partial charge in [-0.05, 0) is 17.7 Å². The molecule has 0 aliphatic heterocycles. The van der Waals surface area contributed by atoms with Crippen molar-refractivity contribution < 1.29 is 22.7 Å². The predicted molar refractivity (Wildman–Crippen MR) is 92.1 cm³/mol. The Balaban J connectivity index is 1.52. The van der Waals surface area contributed by atoms with Crippen LogP contribution < -0.4 is 10.1 Å². The van der Waals surface area contributed by atoms with Crippen LogP contribution >= 0.6 is 0 Å².